The zero-order chi connectivity index (χ0) is 23.1. The van der Waals surface area contributed by atoms with Gasteiger partial charge in [-0.05, 0) is 80.7 Å². The lowest BCUT2D eigenvalue weighted by molar-refractivity contribution is 0.0976. The van der Waals surface area contributed by atoms with Crippen molar-refractivity contribution in [1.82, 2.24) is 5.32 Å². The number of carbonyl (C=O) groups is 2. The molecule has 0 fully saturated rings. The Balaban J connectivity index is 1.59. The average Bonchev–Trinajstić information content (AvgIpc) is 2.74. The van der Waals surface area contributed by atoms with Gasteiger partial charge in [0.25, 0.3) is 11.8 Å². The van der Waals surface area contributed by atoms with Gasteiger partial charge >= 0.3 is 0 Å². The Bertz CT molecular complexity index is 1130. The maximum Gasteiger partial charge on any atom is 0.257 e. The maximum absolute atomic E-state index is 12.4. The summed E-state index contributed by atoms with van der Waals surface area (Å²) in [6, 6.07) is 20.6. The van der Waals surface area contributed by atoms with Crippen LogP contribution in [0.4, 0.5) is 11.4 Å². The summed E-state index contributed by atoms with van der Waals surface area (Å²) in [6.07, 6.45) is 0.0525. The van der Waals surface area contributed by atoms with Crippen LogP contribution in [0.1, 0.15) is 34.6 Å². The van der Waals surface area contributed by atoms with Crippen molar-refractivity contribution in [2.45, 2.75) is 20.0 Å². The molecule has 0 saturated heterocycles. The van der Waals surface area contributed by atoms with Crippen LogP contribution in [0.2, 0.25) is 5.02 Å². The fraction of sp³-hybridized carbons (Fsp3) is 0.125. The summed E-state index contributed by atoms with van der Waals surface area (Å²) in [5.41, 5.74) is 1.98. The minimum atomic E-state index is -0.346. The Hall–Kier alpha value is -3.42. The molecule has 6 nitrogen and oxygen atoms in total. The van der Waals surface area contributed by atoms with Crippen LogP contribution in [-0.2, 0) is 0 Å². The number of carbonyl (C=O) groups excluding carboxylic acids is 2. The number of hydrogen-bond acceptors (Lipinski definition) is 4. The highest BCUT2D eigenvalue weighted by molar-refractivity contribution is 7.80. The molecular weight excluding hydrogens is 446 g/mol. The largest absolute Gasteiger partial charge is 0.491 e. The predicted molar refractivity (Wildman–Crippen MR) is 132 cm³/mol. The van der Waals surface area contributed by atoms with Gasteiger partial charge in [-0.1, -0.05) is 29.8 Å². The van der Waals surface area contributed by atoms with E-state index >= 15 is 0 Å². The highest BCUT2D eigenvalue weighted by atomic mass is 35.5. The van der Waals surface area contributed by atoms with Crippen molar-refractivity contribution in [3.63, 3.8) is 0 Å². The number of nitrogens with one attached hydrogen (secondary N) is 3. The second kappa shape index (κ2) is 10.7. The third-order valence-electron chi connectivity index (χ3n) is 4.21. The van der Waals surface area contributed by atoms with E-state index < -0.39 is 0 Å². The summed E-state index contributed by atoms with van der Waals surface area (Å²) >= 11 is 11.3. The lowest BCUT2D eigenvalue weighted by Gasteiger charge is -2.12. The lowest BCUT2D eigenvalue weighted by atomic mass is 10.2. The average molecular weight is 468 g/mol. The summed E-state index contributed by atoms with van der Waals surface area (Å²) in [6.45, 7) is 3.86. The fourth-order valence-corrected chi connectivity index (χ4v) is 3.25. The molecule has 0 aliphatic heterocycles. The van der Waals surface area contributed by atoms with E-state index in [-0.39, 0.29) is 23.0 Å². The quantitative estimate of drug-likeness (QED) is 0.417. The van der Waals surface area contributed by atoms with Gasteiger partial charge in [-0.2, -0.15) is 0 Å². The molecule has 32 heavy (non-hydrogen) atoms. The topological polar surface area (TPSA) is 79.5 Å². The molecular formula is C24H22ClN3O3S. The van der Waals surface area contributed by atoms with Crippen LogP contribution < -0.4 is 20.7 Å². The van der Waals surface area contributed by atoms with Gasteiger partial charge in [0, 0.05) is 16.9 Å². The minimum absolute atomic E-state index is 0.0525. The van der Waals surface area contributed by atoms with E-state index in [9.17, 15) is 9.59 Å². The first-order chi connectivity index (χ1) is 15.3. The van der Waals surface area contributed by atoms with Crippen LogP contribution in [0.5, 0.6) is 5.75 Å². The number of ether oxygens (including phenoxy) is 1. The predicted octanol–water partition coefficient (Wildman–Crippen LogP) is 5.51. The van der Waals surface area contributed by atoms with Crippen molar-refractivity contribution in [2.24, 2.45) is 0 Å². The number of thiocarbonyl (C=S) groups is 1. The van der Waals surface area contributed by atoms with Gasteiger partial charge in [0.05, 0.1) is 16.7 Å². The van der Waals surface area contributed by atoms with Crippen molar-refractivity contribution in [1.29, 1.82) is 0 Å². The molecule has 0 aliphatic carbocycles. The second-order valence-corrected chi connectivity index (χ2v) is 7.93. The maximum atomic E-state index is 12.4. The van der Waals surface area contributed by atoms with Crippen LogP contribution in [0.25, 0.3) is 0 Å². The number of amides is 2. The van der Waals surface area contributed by atoms with Crippen LogP contribution in [0.3, 0.4) is 0 Å². The molecule has 0 heterocycles. The van der Waals surface area contributed by atoms with Gasteiger partial charge < -0.3 is 15.4 Å². The smallest absolute Gasteiger partial charge is 0.257 e. The number of rotatable bonds is 6. The Labute approximate surface area is 196 Å². The zero-order valence-electron chi connectivity index (χ0n) is 17.5. The number of anilines is 2. The van der Waals surface area contributed by atoms with Crippen LogP contribution >= 0.6 is 23.8 Å². The van der Waals surface area contributed by atoms with Crippen molar-refractivity contribution < 1.29 is 14.3 Å². The molecule has 3 N–H and O–H groups in total. The lowest BCUT2D eigenvalue weighted by Crippen LogP contribution is -2.34. The van der Waals surface area contributed by atoms with Crippen molar-refractivity contribution in [3.05, 3.63) is 88.9 Å². The highest BCUT2D eigenvalue weighted by Gasteiger charge is 2.11. The molecule has 0 saturated carbocycles. The molecule has 0 spiro atoms. The van der Waals surface area contributed by atoms with E-state index in [0.29, 0.717) is 33.3 Å². The summed E-state index contributed by atoms with van der Waals surface area (Å²) in [5, 5.41) is 8.87. The molecule has 0 aromatic heterocycles. The third-order valence-corrected chi connectivity index (χ3v) is 4.75. The molecule has 0 aliphatic rings. The van der Waals surface area contributed by atoms with Crippen LogP contribution in [-0.4, -0.2) is 23.0 Å². The number of benzene rings is 3. The van der Waals surface area contributed by atoms with E-state index in [1.54, 1.807) is 72.8 Å². The van der Waals surface area contributed by atoms with Gasteiger partial charge in [-0.15, -0.1) is 0 Å². The van der Waals surface area contributed by atoms with E-state index in [0.717, 1.165) is 0 Å². The van der Waals surface area contributed by atoms with Gasteiger partial charge in [0.15, 0.2) is 5.11 Å². The van der Waals surface area contributed by atoms with Crippen molar-refractivity contribution >= 4 is 52.1 Å². The molecule has 3 aromatic rings. The first-order valence-corrected chi connectivity index (χ1v) is 10.7. The second-order valence-electron chi connectivity index (χ2n) is 7.11. The molecule has 3 aromatic carbocycles. The van der Waals surface area contributed by atoms with Crippen LogP contribution in [0.15, 0.2) is 72.8 Å². The van der Waals surface area contributed by atoms with Gasteiger partial charge in [0.2, 0.25) is 0 Å². The van der Waals surface area contributed by atoms with Crippen molar-refractivity contribution in [3.8, 4) is 5.75 Å². The Morgan fingerprint density at radius 1 is 0.875 bits per heavy atom. The molecule has 0 radical (unpaired) electrons. The van der Waals surface area contributed by atoms with Gasteiger partial charge in [0.1, 0.15) is 5.75 Å². The van der Waals surface area contributed by atoms with Crippen LogP contribution in [0, 0.1) is 0 Å². The SMILES string of the molecule is CC(C)Oc1ccc(C(=O)NC(=S)Nc2cccc(NC(=O)c3ccccc3Cl)c2)cc1. The molecule has 0 atom stereocenters. The van der Waals surface area contributed by atoms with E-state index in [1.807, 2.05) is 13.8 Å². The standard InChI is InChI=1S/C24H22ClN3O3S/c1-15(2)31-19-12-10-16(11-13-19)22(29)28-24(32)27-18-7-5-6-17(14-18)26-23(30)20-8-3-4-9-21(20)25/h3-15H,1-2H3,(H,26,30)(H2,27,28,29,32). The Kier molecular flexibility index (Phi) is 7.81. The highest BCUT2D eigenvalue weighted by Crippen LogP contribution is 2.20. The molecule has 164 valence electrons. The number of hydrogen-bond donors (Lipinski definition) is 3. The first-order valence-electron chi connectivity index (χ1n) is 9.87. The molecule has 8 heteroatoms. The fourth-order valence-electron chi connectivity index (χ4n) is 2.81. The Morgan fingerprint density at radius 2 is 1.53 bits per heavy atom. The normalized spacial score (nSPS) is 10.4. The minimum Gasteiger partial charge on any atom is -0.491 e. The van der Waals surface area contributed by atoms with Gasteiger partial charge in [-0.3, -0.25) is 14.9 Å². The molecule has 0 unspecified atom stereocenters. The first kappa shape index (κ1) is 23.2. The van der Waals surface area contributed by atoms with Crippen molar-refractivity contribution in [2.75, 3.05) is 10.6 Å². The molecule has 0 bridgehead atoms. The molecule has 2 amide bonds. The Morgan fingerprint density at radius 3 is 2.19 bits per heavy atom. The zero-order valence-corrected chi connectivity index (χ0v) is 19.1. The number of halogens is 1. The van der Waals surface area contributed by atoms with E-state index in [1.165, 1.54) is 0 Å². The summed E-state index contributed by atoms with van der Waals surface area (Å²) in [5.74, 6) is 0.0169. The van der Waals surface area contributed by atoms with E-state index in [2.05, 4.69) is 16.0 Å². The molecule has 3 rings (SSSR count). The monoisotopic (exact) mass is 467 g/mol. The summed E-state index contributed by atoms with van der Waals surface area (Å²) in [4.78, 5) is 24.9. The van der Waals surface area contributed by atoms with Gasteiger partial charge in [-0.25, -0.2) is 0 Å². The summed E-state index contributed by atoms with van der Waals surface area (Å²) in [7, 11) is 0. The van der Waals surface area contributed by atoms with E-state index in [4.69, 9.17) is 28.6 Å². The third kappa shape index (κ3) is 6.54. The summed E-state index contributed by atoms with van der Waals surface area (Å²) < 4.78 is 5.58.